The van der Waals surface area contributed by atoms with Gasteiger partial charge in [-0.05, 0) is 29.8 Å². The number of halogens is 2. The van der Waals surface area contributed by atoms with Gasteiger partial charge in [0.15, 0.2) is 5.82 Å². The summed E-state index contributed by atoms with van der Waals surface area (Å²) in [6, 6.07) is 15.6. The molecule has 6 heteroatoms. The summed E-state index contributed by atoms with van der Waals surface area (Å²) in [7, 11) is 0. The van der Waals surface area contributed by atoms with Gasteiger partial charge in [0.25, 0.3) is 0 Å². The molecule has 0 saturated carbocycles. The lowest BCUT2D eigenvalue weighted by Gasteiger charge is -2.23. The van der Waals surface area contributed by atoms with Crippen LogP contribution in [0.1, 0.15) is 23.5 Å². The van der Waals surface area contributed by atoms with Gasteiger partial charge in [-0.15, -0.1) is 0 Å². The molecular weight excluding hydrogens is 390 g/mol. The second-order valence-corrected chi connectivity index (χ2v) is 7.08. The van der Waals surface area contributed by atoms with Crippen LogP contribution in [0.2, 0.25) is 5.02 Å². The van der Waals surface area contributed by atoms with Gasteiger partial charge < -0.3 is 5.32 Å². The minimum atomic E-state index is -0.0457. The molecular formula is C18H13BrClN3O. The van der Waals surface area contributed by atoms with Gasteiger partial charge in [0.2, 0.25) is 5.91 Å². The lowest BCUT2D eigenvalue weighted by molar-refractivity contribution is -0.116. The average molecular weight is 403 g/mol. The zero-order valence-electron chi connectivity index (χ0n) is 12.5. The quantitative estimate of drug-likeness (QED) is 0.636. The summed E-state index contributed by atoms with van der Waals surface area (Å²) in [5.74, 6) is 0.526. The first-order chi connectivity index (χ1) is 11.6. The number of amides is 1. The van der Waals surface area contributed by atoms with E-state index in [4.69, 9.17) is 11.6 Å². The van der Waals surface area contributed by atoms with Gasteiger partial charge in [0.05, 0.1) is 5.69 Å². The molecule has 4 nitrogen and oxygen atoms in total. The molecule has 1 aliphatic heterocycles. The van der Waals surface area contributed by atoms with E-state index in [1.54, 1.807) is 0 Å². The fourth-order valence-corrected chi connectivity index (χ4v) is 3.64. The van der Waals surface area contributed by atoms with E-state index >= 15 is 0 Å². The smallest absolute Gasteiger partial charge is 0.226 e. The normalized spacial score (nSPS) is 16.6. The Hall–Kier alpha value is -2.11. The Kier molecular flexibility index (Phi) is 3.90. The van der Waals surface area contributed by atoms with Gasteiger partial charge in [-0.1, -0.05) is 51.8 Å². The summed E-state index contributed by atoms with van der Waals surface area (Å²) in [4.78, 5) is 12.1. The molecule has 0 aliphatic carbocycles. The number of benzene rings is 2. The summed E-state index contributed by atoms with van der Waals surface area (Å²) in [5, 5.41) is 10.9. The van der Waals surface area contributed by atoms with E-state index in [0.29, 0.717) is 17.3 Å². The highest BCUT2D eigenvalue weighted by molar-refractivity contribution is 9.10. The van der Waals surface area contributed by atoms with E-state index in [-0.39, 0.29) is 11.8 Å². The minimum Gasteiger partial charge on any atom is -0.309 e. The van der Waals surface area contributed by atoms with E-state index in [9.17, 15) is 4.79 Å². The molecule has 0 fully saturated rings. The standard InChI is InChI=1S/C18H13BrClN3O/c19-12-3-1-2-11(8-12)14-9-15(24)21-18-16(14)17(22-23-18)10-4-6-13(20)7-5-10/h1-8,14H,9H2,(H2,21,22,23,24)/t14-/m1/s1. The molecule has 0 unspecified atom stereocenters. The number of anilines is 1. The van der Waals surface area contributed by atoms with Crippen molar-refractivity contribution < 1.29 is 4.79 Å². The molecule has 2 N–H and O–H groups in total. The van der Waals surface area contributed by atoms with Crippen molar-refractivity contribution in [2.75, 3.05) is 5.32 Å². The van der Waals surface area contributed by atoms with Crippen LogP contribution < -0.4 is 5.32 Å². The SMILES string of the molecule is O=C1C[C@H](c2cccc(Br)c2)c2c(n[nH]c2-c2ccc(Cl)cc2)N1. The molecule has 120 valence electrons. The maximum atomic E-state index is 12.1. The Balaban J connectivity index is 1.87. The second-order valence-electron chi connectivity index (χ2n) is 5.73. The van der Waals surface area contributed by atoms with Crippen molar-refractivity contribution in [1.82, 2.24) is 10.2 Å². The molecule has 3 aromatic rings. The van der Waals surface area contributed by atoms with Gasteiger partial charge in [0.1, 0.15) is 0 Å². The van der Waals surface area contributed by atoms with Gasteiger partial charge in [-0.25, -0.2) is 0 Å². The van der Waals surface area contributed by atoms with Crippen LogP contribution in [0.3, 0.4) is 0 Å². The first-order valence-corrected chi connectivity index (χ1v) is 8.68. The number of hydrogen-bond donors (Lipinski definition) is 2. The highest BCUT2D eigenvalue weighted by atomic mass is 79.9. The zero-order chi connectivity index (χ0) is 16.7. The third kappa shape index (κ3) is 2.74. The molecule has 1 aromatic heterocycles. The fourth-order valence-electron chi connectivity index (χ4n) is 3.10. The Labute approximate surface area is 152 Å². The van der Waals surface area contributed by atoms with Crippen molar-refractivity contribution in [1.29, 1.82) is 0 Å². The molecule has 0 saturated heterocycles. The van der Waals surface area contributed by atoms with Crippen LogP contribution in [0.4, 0.5) is 5.82 Å². The number of hydrogen-bond acceptors (Lipinski definition) is 2. The van der Waals surface area contributed by atoms with Crippen molar-refractivity contribution in [2.24, 2.45) is 0 Å². The molecule has 1 amide bonds. The first-order valence-electron chi connectivity index (χ1n) is 7.51. The van der Waals surface area contributed by atoms with Crippen LogP contribution in [0.5, 0.6) is 0 Å². The highest BCUT2D eigenvalue weighted by Crippen LogP contribution is 2.42. The second kappa shape index (κ2) is 6.07. The lowest BCUT2D eigenvalue weighted by atomic mass is 9.84. The lowest BCUT2D eigenvalue weighted by Crippen LogP contribution is -2.23. The number of rotatable bonds is 2. The van der Waals surface area contributed by atoms with E-state index in [1.165, 1.54) is 0 Å². The van der Waals surface area contributed by atoms with Gasteiger partial charge >= 0.3 is 0 Å². The molecule has 4 rings (SSSR count). The molecule has 0 bridgehead atoms. The minimum absolute atomic E-state index is 0.0263. The van der Waals surface area contributed by atoms with Gasteiger partial charge in [-0.3, -0.25) is 9.89 Å². The molecule has 1 aliphatic rings. The summed E-state index contributed by atoms with van der Waals surface area (Å²) in [6.45, 7) is 0. The molecule has 1 atom stereocenters. The number of aromatic nitrogens is 2. The predicted octanol–water partition coefficient (Wildman–Crippen LogP) is 4.97. The summed E-state index contributed by atoms with van der Waals surface area (Å²) < 4.78 is 0.990. The van der Waals surface area contributed by atoms with Crippen molar-refractivity contribution >= 4 is 39.3 Å². The van der Waals surface area contributed by atoms with E-state index in [0.717, 1.165) is 26.9 Å². The number of nitrogens with zero attached hydrogens (tertiary/aromatic N) is 1. The number of H-pyrrole nitrogens is 1. The number of aromatic amines is 1. The van der Waals surface area contributed by atoms with Crippen LogP contribution in [0.15, 0.2) is 53.0 Å². The third-order valence-electron chi connectivity index (χ3n) is 4.18. The van der Waals surface area contributed by atoms with Crippen LogP contribution in [-0.4, -0.2) is 16.1 Å². The van der Waals surface area contributed by atoms with Crippen LogP contribution >= 0.6 is 27.5 Å². The first kappa shape index (κ1) is 15.4. The van der Waals surface area contributed by atoms with Gasteiger partial charge in [-0.2, -0.15) is 5.10 Å². The van der Waals surface area contributed by atoms with E-state index < -0.39 is 0 Å². The van der Waals surface area contributed by atoms with Crippen molar-refractivity contribution in [3.63, 3.8) is 0 Å². The number of carbonyl (C=O) groups is 1. The fraction of sp³-hybridized carbons (Fsp3) is 0.111. The Morgan fingerprint density at radius 3 is 2.71 bits per heavy atom. The monoisotopic (exact) mass is 401 g/mol. The zero-order valence-corrected chi connectivity index (χ0v) is 14.9. The molecule has 2 heterocycles. The maximum absolute atomic E-state index is 12.1. The Bertz CT molecular complexity index is 920. The van der Waals surface area contributed by atoms with Crippen molar-refractivity contribution in [3.05, 3.63) is 69.2 Å². The summed E-state index contributed by atoms with van der Waals surface area (Å²) in [5.41, 5.74) is 3.99. The third-order valence-corrected chi connectivity index (χ3v) is 4.93. The van der Waals surface area contributed by atoms with Crippen molar-refractivity contribution in [3.8, 4) is 11.3 Å². The summed E-state index contributed by atoms with van der Waals surface area (Å²) in [6.07, 6.45) is 0.392. The topological polar surface area (TPSA) is 57.8 Å². The van der Waals surface area contributed by atoms with Crippen LogP contribution in [0.25, 0.3) is 11.3 Å². The van der Waals surface area contributed by atoms with Crippen molar-refractivity contribution in [2.45, 2.75) is 12.3 Å². The highest BCUT2D eigenvalue weighted by Gasteiger charge is 2.32. The van der Waals surface area contributed by atoms with E-state index in [2.05, 4.69) is 31.4 Å². The van der Waals surface area contributed by atoms with E-state index in [1.807, 2.05) is 48.5 Å². The molecule has 0 spiro atoms. The predicted molar refractivity (Wildman–Crippen MR) is 98.3 cm³/mol. The average Bonchev–Trinajstić information content (AvgIpc) is 2.98. The number of nitrogens with one attached hydrogen (secondary N) is 2. The molecule has 24 heavy (non-hydrogen) atoms. The summed E-state index contributed by atoms with van der Waals surface area (Å²) >= 11 is 9.50. The van der Waals surface area contributed by atoms with Gasteiger partial charge in [0, 0.05) is 33.0 Å². The number of fused-ring (bicyclic) bond motifs is 1. The molecule has 0 radical (unpaired) electrons. The number of carbonyl (C=O) groups excluding carboxylic acids is 1. The Morgan fingerprint density at radius 1 is 1.17 bits per heavy atom. The largest absolute Gasteiger partial charge is 0.309 e. The van der Waals surface area contributed by atoms with Crippen LogP contribution in [-0.2, 0) is 4.79 Å². The molecule has 2 aromatic carbocycles. The Morgan fingerprint density at radius 2 is 1.96 bits per heavy atom. The van der Waals surface area contributed by atoms with Crippen LogP contribution in [0, 0.1) is 0 Å². The maximum Gasteiger partial charge on any atom is 0.226 e.